The molecule has 0 saturated heterocycles. The molecule has 0 saturated carbocycles. The van der Waals surface area contributed by atoms with Gasteiger partial charge in [-0.3, -0.25) is 9.69 Å². The van der Waals surface area contributed by atoms with E-state index >= 15 is 0 Å². The number of benzene rings is 1. The zero-order chi connectivity index (χ0) is 13.0. The number of para-hydroxylation sites is 1. The Morgan fingerprint density at radius 2 is 2.11 bits per heavy atom. The number of aromatic amines is 1. The Labute approximate surface area is 106 Å². The minimum absolute atomic E-state index is 0.0508. The van der Waals surface area contributed by atoms with Crippen molar-refractivity contribution in [1.29, 1.82) is 0 Å². The molecule has 0 aliphatic heterocycles. The van der Waals surface area contributed by atoms with E-state index in [0.717, 1.165) is 23.0 Å². The largest absolute Gasteiger partial charge is 0.395 e. The molecule has 2 aromatic rings. The fourth-order valence-corrected chi connectivity index (χ4v) is 2.04. The molecule has 0 aliphatic carbocycles. The highest BCUT2D eigenvalue weighted by molar-refractivity contribution is 5.78. The monoisotopic (exact) mass is 246 g/mol. The van der Waals surface area contributed by atoms with Crippen molar-refractivity contribution < 1.29 is 5.11 Å². The van der Waals surface area contributed by atoms with Gasteiger partial charge < -0.3 is 10.1 Å². The highest BCUT2D eigenvalue weighted by Crippen LogP contribution is 2.11. The molecular formula is C14H18N2O2. The fraction of sp³-hybridized carbons (Fsp3) is 0.357. The van der Waals surface area contributed by atoms with Crippen molar-refractivity contribution in [3.05, 3.63) is 46.2 Å². The summed E-state index contributed by atoms with van der Waals surface area (Å²) < 4.78 is 0. The van der Waals surface area contributed by atoms with Crippen molar-refractivity contribution in [2.75, 3.05) is 19.7 Å². The molecule has 4 nitrogen and oxygen atoms in total. The number of pyridine rings is 1. The molecule has 2 rings (SSSR count). The molecule has 0 fully saturated rings. The van der Waals surface area contributed by atoms with Crippen LogP contribution in [0, 0.1) is 0 Å². The standard InChI is InChI=1S/C14H18N2O2/c1-2-16(7-8-17)10-12-9-11-5-3-4-6-13(11)15-14(12)18/h3-6,9,17H,2,7-8,10H2,1H3,(H,15,18). The SMILES string of the molecule is CCN(CCO)Cc1cc2ccccc2[nH]c1=O. The van der Waals surface area contributed by atoms with Crippen molar-refractivity contribution in [2.45, 2.75) is 13.5 Å². The third-order valence-electron chi connectivity index (χ3n) is 3.09. The molecule has 0 atom stereocenters. The molecule has 0 radical (unpaired) electrons. The van der Waals surface area contributed by atoms with Gasteiger partial charge in [-0.2, -0.15) is 0 Å². The summed E-state index contributed by atoms with van der Waals surface area (Å²) in [6, 6.07) is 9.66. The van der Waals surface area contributed by atoms with Gasteiger partial charge in [0, 0.05) is 24.2 Å². The first-order valence-corrected chi connectivity index (χ1v) is 6.18. The Balaban J connectivity index is 2.32. The van der Waals surface area contributed by atoms with Crippen LogP contribution in [0.2, 0.25) is 0 Å². The number of H-pyrrole nitrogens is 1. The van der Waals surface area contributed by atoms with E-state index in [1.807, 2.05) is 42.2 Å². The van der Waals surface area contributed by atoms with Crippen LogP contribution in [0.5, 0.6) is 0 Å². The van der Waals surface area contributed by atoms with Crippen molar-refractivity contribution in [2.24, 2.45) is 0 Å². The van der Waals surface area contributed by atoms with Crippen LogP contribution in [0.15, 0.2) is 35.1 Å². The van der Waals surface area contributed by atoms with Gasteiger partial charge in [0.2, 0.25) is 0 Å². The smallest absolute Gasteiger partial charge is 0.252 e. The second-order valence-electron chi connectivity index (χ2n) is 4.30. The van der Waals surface area contributed by atoms with Crippen LogP contribution in [0.25, 0.3) is 10.9 Å². The zero-order valence-corrected chi connectivity index (χ0v) is 10.5. The lowest BCUT2D eigenvalue weighted by atomic mass is 10.1. The molecule has 18 heavy (non-hydrogen) atoms. The van der Waals surface area contributed by atoms with E-state index in [2.05, 4.69) is 4.98 Å². The maximum Gasteiger partial charge on any atom is 0.252 e. The topological polar surface area (TPSA) is 56.3 Å². The van der Waals surface area contributed by atoms with Crippen molar-refractivity contribution in [3.8, 4) is 0 Å². The maximum atomic E-state index is 11.9. The van der Waals surface area contributed by atoms with Gasteiger partial charge in [0.1, 0.15) is 0 Å². The summed E-state index contributed by atoms with van der Waals surface area (Å²) in [7, 11) is 0. The molecule has 0 bridgehead atoms. The lowest BCUT2D eigenvalue weighted by Gasteiger charge is -2.18. The average molecular weight is 246 g/mol. The minimum Gasteiger partial charge on any atom is -0.395 e. The van der Waals surface area contributed by atoms with E-state index in [1.165, 1.54) is 0 Å². The fourth-order valence-electron chi connectivity index (χ4n) is 2.04. The highest BCUT2D eigenvalue weighted by Gasteiger charge is 2.07. The zero-order valence-electron chi connectivity index (χ0n) is 10.5. The minimum atomic E-state index is -0.0508. The Morgan fingerprint density at radius 1 is 1.33 bits per heavy atom. The number of hydrogen-bond acceptors (Lipinski definition) is 3. The number of aromatic nitrogens is 1. The van der Waals surface area contributed by atoms with Crippen LogP contribution in [0.3, 0.4) is 0 Å². The van der Waals surface area contributed by atoms with Crippen LogP contribution >= 0.6 is 0 Å². The Bertz CT molecular complexity index is 577. The van der Waals surface area contributed by atoms with E-state index in [4.69, 9.17) is 5.11 Å². The van der Waals surface area contributed by atoms with Gasteiger partial charge in [-0.1, -0.05) is 25.1 Å². The molecule has 96 valence electrons. The van der Waals surface area contributed by atoms with E-state index in [9.17, 15) is 4.79 Å². The molecule has 1 aromatic carbocycles. The average Bonchev–Trinajstić information content (AvgIpc) is 2.39. The number of fused-ring (bicyclic) bond motifs is 1. The quantitative estimate of drug-likeness (QED) is 0.837. The van der Waals surface area contributed by atoms with E-state index < -0.39 is 0 Å². The van der Waals surface area contributed by atoms with Crippen LogP contribution in [-0.4, -0.2) is 34.7 Å². The highest BCUT2D eigenvalue weighted by atomic mass is 16.3. The second-order valence-corrected chi connectivity index (χ2v) is 4.30. The van der Waals surface area contributed by atoms with Gasteiger partial charge >= 0.3 is 0 Å². The van der Waals surface area contributed by atoms with Crippen LogP contribution < -0.4 is 5.56 Å². The lowest BCUT2D eigenvalue weighted by molar-refractivity contribution is 0.196. The van der Waals surface area contributed by atoms with Gasteiger partial charge in [-0.15, -0.1) is 0 Å². The second kappa shape index (κ2) is 5.80. The number of hydrogen-bond donors (Lipinski definition) is 2. The van der Waals surface area contributed by atoms with Crippen LogP contribution in [-0.2, 0) is 6.54 Å². The van der Waals surface area contributed by atoms with Gasteiger partial charge in [0.05, 0.1) is 6.61 Å². The molecular weight excluding hydrogens is 228 g/mol. The normalized spacial score (nSPS) is 11.3. The number of nitrogens with zero attached hydrogens (tertiary/aromatic N) is 1. The maximum absolute atomic E-state index is 11.9. The molecule has 2 N–H and O–H groups in total. The predicted molar refractivity (Wildman–Crippen MR) is 72.6 cm³/mol. The van der Waals surface area contributed by atoms with E-state index in [1.54, 1.807) is 0 Å². The summed E-state index contributed by atoms with van der Waals surface area (Å²) in [5.41, 5.74) is 1.55. The number of rotatable bonds is 5. The van der Waals surface area contributed by atoms with Gasteiger partial charge in [0.25, 0.3) is 5.56 Å². The summed E-state index contributed by atoms with van der Waals surface area (Å²) in [6.45, 7) is 4.09. The first-order chi connectivity index (χ1) is 8.74. The van der Waals surface area contributed by atoms with Crippen LogP contribution in [0.4, 0.5) is 0 Å². The van der Waals surface area contributed by atoms with Gasteiger partial charge in [-0.05, 0) is 24.1 Å². The van der Waals surface area contributed by atoms with Crippen molar-refractivity contribution in [3.63, 3.8) is 0 Å². The molecule has 1 heterocycles. The molecule has 0 aliphatic rings. The first kappa shape index (κ1) is 12.8. The third-order valence-corrected chi connectivity index (χ3v) is 3.09. The molecule has 0 amide bonds. The number of aliphatic hydroxyl groups is 1. The first-order valence-electron chi connectivity index (χ1n) is 6.18. The summed E-state index contributed by atoms with van der Waals surface area (Å²) in [6.07, 6.45) is 0. The summed E-state index contributed by atoms with van der Waals surface area (Å²) in [4.78, 5) is 16.9. The van der Waals surface area contributed by atoms with Gasteiger partial charge in [-0.25, -0.2) is 0 Å². The molecule has 4 heteroatoms. The summed E-state index contributed by atoms with van der Waals surface area (Å²) >= 11 is 0. The summed E-state index contributed by atoms with van der Waals surface area (Å²) in [5.74, 6) is 0. The Kier molecular flexibility index (Phi) is 4.12. The number of nitrogens with one attached hydrogen (secondary N) is 1. The third kappa shape index (κ3) is 2.78. The van der Waals surface area contributed by atoms with Gasteiger partial charge in [0.15, 0.2) is 0 Å². The molecule has 0 unspecified atom stereocenters. The number of aliphatic hydroxyl groups excluding tert-OH is 1. The number of likely N-dealkylation sites (N-methyl/N-ethyl adjacent to an activating group) is 1. The predicted octanol–water partition coefficient (Wildman–Crippen LogP) is 1.34. The lowest BCUT2D eigenvalue weighted by Crippen LogP contribution is -2.29. The molecule has 0 spiro atoms. The molecule has 1 aromatic heterocycles. The van der Waals surface area contributed by atoms with Crippen molar-refractivity contribution >= 4 is 10.9 Å². The summed E-state index contributed by atoms with van der Waals surface area (Å²) in [5, 5.41) is 9.99. The van der Waals surface area contributed by atoms with Crippen molar-refractivity contribution in [1.82, 2.24) is 9.88 Å². The Morgan fingerprint density at radius 3 is 2.83 bits per heavy atom. The van der Waals surface area contributed by atoms with E-state index in [-0.39, 0.29) is 12.2 Å². The van der Waals surface area contributed by atoms with Crippen LogP contribution in [0.1, 0.15) is 12.5 Å². The Hall–Kier alpha value is -1.65. The van der Waals surface area contributed by atoms with E-state index in [0.29, 0.717) is 13.1 Å².